The summed E-state index contributed by atoms with van der Waals surface area (Å²) in [6.07, 6.45) is 1.02. The van der Waals surface area contributed by atoms with Gasteiger partial charge < -0.3 is 24.8 Å². The molecule has 37 heavy (non-hydrogen) atoms. The highest BCUT2D eigenvalue weighted by molar-refractivity contribution is 9.10. The molecule has 0 saturated carbocycles. The van der Waals surface area contributed by atoms with E-state index < -0.39 is 6.10 Å². The number of carbonyl (C=O) groups is 2. The number of nitrogens with zero attached hydrogens (tertiary/aromatic N) is 1. The monoisotopic (exact) mass is 630 g/mol. The maximum Gasteiger partial charge on any atom is 0.262 e. The first-order valence-electron chi connectivity index (χ1n) is 11.9. The van der Waals surface area contributed by atoms with Crippen molar-refractivity contribution in [1.29, 1.82) is 0 Å². The second-order valence-electron chi connectivity index (χ2n) is 8.86. The number of rotatable bonds is 8. The molecule has 3 aromatic rings. The van der Waals surface area contributed by atoms with Crippen LogP contribution in [0.15, 0.2) is 75.7 Å². The second-order valence-corrected chi connectivity index (χ2v) is 10.7. The Balaban J connectivity index is 1.37. The number of likely N-dealkylation sites (tertiary alicyclic amines) is 1. The Morgan fingerprint density at radius 2 is 1.70 bits per heavy atom. The highest BCUT2D eigenvalue weighted by atomic mass is 79.9. The van der Waals surface area contributed by atoms with Crippen LogP contribution in [-0.2, 0) is 4.79 Å². The van der Waals surface area contributed by atoms with Gasteiger partial charge >= 0.3 is 0 Å². The zero-order chi connectivity index (χ0) is 26.4. The summed E-state index contributed by atoms with van der Waals surface area (Å²) in [5.74, 6) is 0.240. The summed E-state index contributed by atoms with van der Waals surface area (Å²) >= 11 is 6.78. The number of halogens is 2. The number of carbonyl (C=O) groups excluding carboxylic acids is 2. The summed E-state index contributed by atoms with van der Waals surface area (Å²) in [5.41, 5.74) is 1.96. The Hall–Kier alpha value is -2.88. The van der Waals surface area contributed by atoms with Gasteiger partial charge in [0.15, 0.2) is 18.1 Å². The molecule has 0 bridgehead atoms. The third-order valence-electron chi connectivity index (χ3n) is 6.30. The number of hydrogen-bond acceptors (Lipinski definition) is 5. The number of amides is 2. The summed E-state index contributed by atoms with van der Waals surface area (Å²) in [4.78, 5) is 27.4. The fraction of sp³-hybridized carbons (Fsp3) is 0.286. The van der Waals surface area contributed by atoms with E-state index in [-0.39, 0.29) is 24.3 Å². The van der Waals surface area contributed by atoms with Crippen molar-refractivity contribution in [3.63, 3.8) is 0 Å². The van der Waals surface area contributed by atoms with Crippen LogP contribution < -0.4 is 14.8 Å². The molecule has 1 fully saturated rings. The Morgan fingerprint density at radius 3 is 2.38 bits per heavy atom. The normalized spacial score (nSPS) is 16.1. The number of methoxy groups -OCH3 is 1. The lowest BCUT2D eigenvalue weighted by atomic mass is 9.88. The average molecular weight is 632 g/mol. The third kappa shape index (κ3) is 7.12. The Kier molecular flexibility index (Phi) is 9.23. The topological polar surface area (TPSA) is 88.1 Å². The van der Waals surface area contributed by atoms with Gasteiger partial charge in [-0.3, -0.25) is 9.59 Å². The van der Waals surface area contributed by atoms with E-state index in [0.29, 0.717) is 35.8 Å². The summed E-state index contributed by atoms with van der Waals surface area (Å²) in [6, 6.07) is 19.8. The minimum Gasteiger partial charge on any atom is -0.493 e. The van der Waals surface area contributed by atoms with Gasteiger partial charge in [-0.15, -0.1) is 0 Å². The first-order chi connectivity index (χ1) is 17.8. The average Bonchev–Trinajstić information content (AvgIpc) is 2.92. The fourth-order valence-corrected chi connectivity index (χ4v) is 4.89. The molecule has 194 valence electrons. The molecule has 1 saturated heterocycles. The predicted molar refractivity (Wildman–Crippen MR) is 149 cm³/mol. The molecule has 9 heteroatoms. The van der Waals surface area contributed by atoms with E-state index in [1.54, 1.807) is 35.2 Å². The van der Waals surface area contributed by atoms with Gasteiger partial charge in [0, 0.05) is 39.2 Å². The molecule has 0 spiro atoms. The van der Waals surface area contributed by atoms with Gasteiger partial charge in [0.2, 0.25) is 0 Å². The van der Waals surface area contributed by atoms with Crippen LogP contribution in [0.25, 0.3) is 0 Å². The minimum absolute atomic E-state index is 0.0485. The van der Waals surface area contributed by atoms with E-state index in [1.165, 1.54) is 7.11 Å². The summed E-state index contributed by atoms with van der Waals surface area (Å²) in [6.45, 7) is 0.882. The van der Waals surface area contributed by atoms with Crippen molar-refractivity contribution in [2.75, 3.05) is 32.1 Å². The van der Waals surface area contributed by atoms with Crippen LogP contribution in [0.5, 0.6) is 11.5 Å². The van der Waals surface area contributed by atoms with E-state index in [0.717, 1.165) is 27.4 Å². The van der Waals surface area contributed by atoms with E-state index in [1.807, 2.05) is 36.4 Å². The molecule has 2 N–H and O–H groups in total. The molecule has 2 atom stereocenters. The quantitative estimate of drug-likeness (QED) is 0.327. The lowest BCUT2D eigenvalue weighted by Crippen LogP contribution is -2.41. The predicted octanol–water partition coefficient (Wildman–Crippen LogP) is 5.82. The molecule has 2 amide bonds. The maximum absolute atomic E-state index is 13.3. The van der Waals surface area contributed by atoms with Crippen molar-refractivity contribution in [3.05, 3.63) is 86.8 Å². The molecule has 0 aromatic heterocycles. The van der Waals surface area contributed by atoms with E-state index in [2.05, 4.69) is 37.2 Å². The van der Waals surface area contributed by atoms with Crippen LogP contribution in [0.1, 0.15) is 34.9 Å². The van der Waals surface area contributed by atoms with Crippen LogP contribution in [0, 0.1) is 5.92 Å². The lowest BCUT2D eigenvalue weighted by molar-refractivity contribution is -0.118. The number of ether oxygens (including phenoxy) is 2. The van der Waals surface area contributed by atoms with Crippen LogP contribution >= 0.6 is 31.9 Å². The zero-order valence-corrected chi connectivity index (χ0v) is 23.5. The maximum atomic E-state index is 13.3. The number of nitrogens with one attached hydrogen (secondary N) is 1. The van der Waals surface area contributed by atoms with Crippen LogP contribution in [0.2, 0.25) is 0 Å². The molecule has 4 rings (SSSR count). The van der Waals surface area contributed by atoms with Gasteiger partial charge in [0.25, 0.3) is 11.8 Å². The number of hydrogen-bond donors (Lipinski definition) is 2. The van der Waals surface area contributed by atoms with Gasteiger partial charge in [-0.2, -0.15) is 0 Å². The summed E-state index contributed by atoms with van der Waals surface area (Å²) in [7, 11) is 1.49. The van der Waals surface area contributed by atoms with Crippen LogP contribution in [0.3, 0.4) is 0 Å². The third-order valence-corrected chi connectivity index (χ3v) is 7.36. The Morgan fingerprint density at radius 1 is 1.03 bits per heavy atom. The van der Waals surface area contributed by atoms with E-state index >= 15 is 0 Å². The SMILES string of the molecule is COc1cc(C(=O)N2CCCC(C(O)c3ccc(Br)cc3)C2)ccc1OCC(=O)Nc1ccc(Br)cc1. The highest BCUT2D eigenvalue weighted by Gasteiger charge is 2.30. The number of benzene rings is 3. The van der Waals surface area contributed by atoms with Crippen LogP contribution in [0.4, 0.5) is 5.69 Å². The van der Waals surface area contributed by atoms with Crippen molar-refractivity contribution in [3.8, 4) is 11.5 Å². The number of piperidine rings is 1. The van der Waals surface area contributed by atoms with Crippen molar-refractivity contribution in [2.45, 2.75) is 18.9 Å². The molecule has 1 heterocycles. The van der Waals surface area contributed by atoms with Gasteiger partial charge in [0.05, 0.1) is 13.2 Å². The molecular formula is C28H28Br2N2O5. The first kappa shape index (κ1) is 27.2. The van der Waals surface area contributed by atoms with Gasteiger partial charge in [-0.25, -0.2) is 0 Å². The van der Waals surface area contributed by atoms with Crippen molar-refractivity contribution < 1.29 is 24.2 Å². The largest absolute Gasteiger partial charge is 0.493 e. The van der Waals surface area contributed by atoms with Gasteiger partial charge in [-0.1, -0.05) is 44.0 Å². The van der Waals surface area contributed by atoms with Gasteiger partial charge in [0.1, 0.15) is 0 Å². The van der Waals surface area contributed by atoms with Gasteiger partial charge in [-0.05, 0) is 73.0 Å². The zero-order valence-electron chi connectivity index (χ0n) is 20.3. The molecule has 2 unspecified atom stereocenters. The summed E-state index contributed by atoms with van der Waals surface area (Å²) < 4.78 is 13.0. The number of anilines is 1. The van der Waals surface area contributed by atoms with E-state index in [4.69, 9.17) is 9.47 Å². The minimum atomic E-state index is -0.641. The number of aliphatic hydroxyl groups is 1. The molecule has 3 aromatic carbocycles. The van der Waals surface area contributed by atoms with E-state index in [9.17, 15) is 14.7 Å². The Bertz CT molecular complexity index is 1230. The van der Waals surface area contributed by atoms with Crippen molar-refractivity contribution in [1.82, 2.24) is 4.90 Å². The van der Waals surface area contributed by atoms with Crippen molar-refractivity contribution in [2.24, 2.45) is 5.92 Å². The fourth-order valence-electron chi connectivity index (χ4n) is 4.36. The molecule has 0 aliphatic carbocycles. The summed E-state index contributed by atoms with van der Waals surface area (Å²) in [5, 5.41) is 13.7. The molecule has 1 aliphatic rings. The Labute approximate surface area is 233 Å². The lowest BCUT2D eigenvalue weighted by Gasteiger charge is -2.35. The molecule has 7 nitrogen and oxygen atoms in total. The number of aliphatic hydroxyl groups excluding tert-OH is 1. The second kappa shape index (κ2) is 12.6. The molecular weight excluding hydrogens is 604 g/mol. The van der Waals surface area contributed by atoms with Crippen molar-refractivity contribution >= 4 is 49.4 Å². The van der Waals surface area contributed by atoms with Crippen LogP contribution in [-0.4, -0.2) is 48.6 Å². The smallest absolute Gasteiger partial charge is 0.262 e. The molecule has 1 aliphatic heterocycles. The standard InChI is InChI=1S/C28H28Br2N2O5/c1-36-25-15-19(6-13-24(25)37-17-26(33)31-23-11-9-22(30)10-12-23)28(35)32-14-2-3-20(16-32)27(34)18-4-7-21(29)8-5-18/h4-13,15,20,27,34H,2-3,14,16-17H2,1H3,(H,31,33). The molecule has 0 radical (unpaired) electrons. The highest BCUT2D eigenvalue weighted by Crippen LogP contribution is 2.33. The first-order valence-corrected chi connectivity index (χ1v) is 13.5.